The largest absolute Gasteiger partial charge is 0.299 e. The number of benzene rings is 1. The van der Waals surface area contributed by atoms with Crippen molar-refractivity contribution < 1.29 is 13.2 Å². The van der Waals surface area contributed by atoms with Crippen molar-refractivity contribution in [2.45, 2.75) is 40.0 Å². The Labute approximate surface area is 142 Å². The molecule has 2 aliphatic carbocycles. The fourth-order valence-electron chi connectivity index (χ4n) is 4.39. The zero-order chi connectivity index (χ0) is 17.0. The van der Waals surface area contributed by atoms with E-state index in [-0.39, 0.29) is 17.0 Å². The summed E-state index contributed by atoms with van der Waals surface area (Å²) in [5.41, 5.74) is 0.135. The number of rotatable bonds is 4. The molecule has 1 aromatic rings. The predicted molar refractivity (Wildman–Crippen MR) is 92.2 cm³/mol. The monoisotopic (exact) mass is 355 g/mol. The minimum Gasteiger partial charge on any atom is -0.299 e. The van der Waals surface area contributed by atoms with Crippen LogP contribution in [-0.2, 0) is 14.8 Å². The van der Waals surface area contributed by atoms with E-state index in [9.17, 15) is 13.2 Å². The number of hydrogen-bond acceptors (Lipinski definition) is 3. The first-order valence-electron chi connectivity index (χ1n) is 7.88. The first kappa shape index (κ1) is 16.8. The minimum absolute atomic E-state index is 0.0972. The Balaban J connectivity index is 1.92. The Morgan fingerprint density at radius 3 is 2.57 bits per heavy atom. The number of halogens is 1. The van der Waals surface area contributed by atoms with Crippen LogP contribution < -0.4 is 4.72 Å². The number of hydrogen-bond donors (Lipinski definition) is 1. The van der Waals surface area contributed by atoms with E-state index in [1.807, 2.05) is 13.8 Å². The topological polar surface area (TPSA) is 63.2 Å². The standard InChI is InChI=1S/C17H22ClNO3S/c1-11-5-4-6-13(18)15(11)19-23(21,22)10-17-8-7-12(9-14(17)20)16(17,2)3/h4-6,12,19H,7-10H2,1-3H3. The lowest BCUT2D eigenvalue weighted by Gasteiger charge is -2.36. The van der Waals surface area contributed by atoms with Crippen molar-refractivity contribution in [3.63, 3.8) is 0 Å². The summed E-state index contributed by atoms with van der Waals surface area (Å²) in [4.78, 5) is 12.5. The molecule has 2 unspecified atom stereocenters. The Hall–Kier alpha value is -1.07. The van der Waals surface area contributed by atoms with Crippen LogP contribution in [0.5, 0.6) is 0 Å². The summed E-state index contributed by atoms with van der Waals surface area (Å²) in [7, 11) is -3.67. The van der Waals surface area contributed by atoms with Gasteiger partial charge < -0.3 is 0 Å². The summed E-state index contributed by atoms with van der Waals surface area (Å²) in [6.07, 6.45) is 2.10. The molecule has 4 nitrogen and oxygen atoms in total. The van der Waals surface area contributed by atoms with Gasteiger partial charge in [0.05, 0.1) is 21.9 Å². The summed E-state index contributed by atoms with van der Waals surface area (Å²) in [6.45, 7) is 5.87. The number of fused-ring (bicyclic) bond motifs is 2. The van der Waals surface area contributed by atoms with E-state index in [4.69, 9.17) is 11.6 Å². The summed E-state index contributed by atoms with van der Waals surface area (Å²) in [5.74, 6) is 0.236. The third-order valence-corrected chi connectivity index (χ3v) is 7.76. The highest BCUT2D eigenvalue weighted by Gasteiger charge is 2.65. The van der Waals surface area contributed by atoms with E-state index >= 15 is 0 Å². The van der Waals surface area contributed by atoms with Gasteiger partial charge in [-0.05, 0) is 42.7 Å². The number of aryl methyl sites for hydroxylation is 1. The van der Waals surface area contributed by atoms with Crippen LogP contribution in [-0.4, -0.2) is 20.0 Å². The first-order chi connectivity index (χ1) is 10.6. The zero-order valence-corrected chi connectivity index (χ0v) is 15.2. The average Bonchev–Trinajstić information content (AvgIpc) is 2.76. The van der Waals surface area contributed by atoms with Gasteiger partial charge in [-0.2, -0.15) is 0 Å². The lowest BCUT2D eigenvalue weighted by Crippen LogP contribution is -2.43. The van der Waals surface area contributed by atoms with Crippen molar-refractivity contribution in [3.8, 4) is 0 Å². The highest BCUT2D eigenvalue weighted by Crippen LogP contribution is 2.64. The van der Waals surface area contributed by atoms with Crippen LogP contribution >= 0.6 is 11.6 Å². The van der Waals surface area contributed by atoms with Gasteiger partial charge in [-0.1, -0.05) is 37.6 Å². The van der Waals surface area contributed by atoms with E-state index < -0.39 is 15.4 Å². The molecule has 23 heavy (non-hydrogen) atoms. The van der Waals surface area contributed by atoms with Crippen LogP contribution in [0.15, 0.2) is 18.2 Å². The molecule has 0 amide bonds. The molecule has 2 aliphatic rings. The Morgan fingerprint density at radius 1 is 1.35 bits per heavy atom. The first-order valence-corrected chi connectivity index (χ1v) is 9.91. The van der Waals surface area contributed by atoms with E-state index in [0.29, 0.717) is 29.5 Å². The quantitative estimate of drug-likeness (QED) is 0.893. The normalized spacial score (nSPS) is 29.0. The molecule has 0 aromatic heterocycles. The zero-order valence-electron chi connectivity index (χ0n) is 13.6. The van der Waals surface area contributed by atoms with Gasteiger partial charge in [0, 0.05) is 6.42 Å². The van der Waals surface area contributed by atoms with Gasteiger partial charge in [-0.25, -0.2) is 8.42 Å². The second-order valence-corrected chi connectivity index (χ2v) is 9.59. The second kappa shape index (κ2) is 5.21. The van der Waals surface area contributed by atoms with Gasteiger partial charge in [-0.15, -0.1) is 0 Å². The maximum atomic E-state index is 12.8. The molecule has 0 heterocycles. The van der Waals surface area contributed by atoms with Crippen LogP contribution in [0.4, 0.5) is 5.69 Å². The van der Waals surface area contributed by atoms with Crippen LogP contribution in [0.3, 0.4) is 0 Å². The fraction of sp³-hybridized carbons (Fsp3) is 0.588. The maximum Gasteiger partial charge on any atom is 0.233 e. The fourth-order valence-corrected chi connectivity index (χ4v) is 6.69. The number of nitrogens with one attached hydrogen (secondary N) is 1. The van der Waals surface area contributed by atoms with E-state index in [0.717, 1.165) is 12.0 Å². The van der Waals surface area contributed by atoms with Crippen LogP contribution in [0.2, 0.25) is 5.02 Å². The Kier molecular flexibility index (Phi) is 3.80. The number of carbonyl (C=O) groups is 1. The third-order valence-electron chi connectivity index (χ3n) is 6.06. The molecule has 3 rings (SSSR count). The summed E-state index contributed by atoms with van der Waals surface area (Å²) in [6, 6.07) is 5.23. The van der Waals surface area contributed by atoms with Crippen LogP contribution in [0.1, 0.15) is 38.7 Å². The van der Waals surface area contributed by atoms with Crippen molar-refractivity contribution in [3.05, 3.63) is 28.8 Å². The molecular weight excluding hydrogens is 334 g/mol. The highest BCUT2D eigenvalue weighted by molar-refractivity contribution is 7.92. The molecule has 2 saturated carbocycles. The molecule has 2 atom stereocenters. The van der Waals surface area contributed by atoms with Gasteiger partial charge in [0.1, 0.15) is 5.78 Å². The lowest BCUT2D eigenvalue weighted by atomic mass is 9.70. The third kappa shape index (κ3) is 2.49. The number of sulfonamides is 1. The van der Waals surface area contributed by atoms with E-state index in [2.05, 4.69) is 4.72 Å². The summed E-state index contributed by atoms with van der Waals surface area (Å²) < 4.78 is 28.1. The van der Waals surface area contributed by atoms with Crippen molar-refractivity contribution in [1.29, 1.82) is 0 Å². The second-order valence-electron chi connectivity index (χ2n) is 7.46. The number of Topliss-reactive ketones (excluding diaryl/α,β-unsaturated/α-hetero) is 1. The lowest BCUT2D eigenvalue weighted by molar-refractivity contribution is -0.128. The molecule has 2 fully saturated rings. The van der Waals surface area contributed by atoms with Crippen molar-refractivity contribution >= 4 is 33.1 Å². The molecule has 126 valence electrons. The van der Waals surface area contributed by atoms with Gasteiger partial charge >= 0.3 is 0 Å². The Bertz CT molecular complexity index is 752. The molecule has 6 heteroatoms. The molecule has 0 aliphatic heterocycles. The van der Waals surface area contributed by atoms with Crippen LogP contribution in [0.25, 0.3) is 0 Å². The predicted octanol–water partition coefficient (Wildman–Crippen LogP) is 3.79. The molecular formula is C17H22ClNO3S. The number of carbonyl (C=O) groups excluding carboxylic acids is 1. The van der Waals surface area contributed by atoms with E-state index in [1.54, 1.807) is 25.1 Å². The maximum absolute atomic E-state index is 12.8. The number of para-hydroxylation sites is 1. The summed E-state index contributed by atoms with van der Waals surface area (Å²) in [5, 5.41) is 0.368. The summed E-state index contributed by atoms with van der Waals surface area (Å²) >= 11 is 6.12. The van der Waals surface area contributed by atoms with Gasteiger partial charge in [0.2, 0.25) is 10.0 Å². The molecule has 2 bridgehead atoms. The molecule has 1 aromatic carbocycles. The number of anilines is 1. The van der Waals surface area contributed by atoms with Crippen LogP contribution in [0, 0.1) is 23.7 Å². The van der Waals surface area contributed by atoms with E-state index in [1.165, 1.54) is 0 Å². The molecule has 1 N–H and O–H groups in total. The highest BCUT2D eigenvalue weighted by atomic mass is 35.5. The van der Waals surface area contributed by atoms with Gasteiger partial charge in [0.25, 0.3) is 0 Å². The molecule has 0 radical (unpaired) electrons. The van der Waals surface area contributed by atoms with Crippen molar-refractivity contribution in [2.75, 3.05) is 10.5 Å². The average molecular weight is 356 g/mol. The SMILES string of the molecule is Cc1cccc(Cl)c1NS(=O)(=O)CC12CCC(CC1=O)C2(C)C. The van der Waals surface area contributed by atoms with Gasteiger partial charge in [-0.3, -0.25) is 9.52 Å². The molecule has 0 saturated heterocycles. The van der Waals surface area contributed by atoms with Crippen molar-refractivity contribution in [1.82, 2.24) is 0 Å². The smallest absolute Gasteiger partial charge is 0.233 e. The Morgan fingerprint density at radius 2 is 2.04 bits per heavy atom. The van der Waals surface area contributed by atoms with Gasteiger partial charge in [0.15, 0.2) is 0 Å². The minimum atomic E-state index is -3.67. The van der Waals surface area contributed by atoms with Crippen molar-refractivity contribution in [2.24, 2.45) is 16.7 Å². The molecule has 0 spiro atoms. The number of ketones is 1.